The molecule has 1 atom stereocenters. The summed E-state index contributed by atoms with van der Waals surface area (Å²) in [6.45, 7) is 0.441. The summed E-state index contributed by atoms with van der Waals surface area (Å²) in [4.78, 5) is 8.17. The Kier molecular flexibility index (Phi) is 5.91. The molecular formula is C21H21N3O. The van der Waals surface area contributed by atoms with Crippen LogP contribution in [0.4, 0.5) is 0 Å². The summed E-state index contributed by atoms with van der Waals surface area (Å²) in [6, 6.07) is 16.0. The molecule has 25 heavy (non-hydrogen) atoms. The first-order chi connectivity index (χ1) is 12.3. The van der Waals surface area contributed by atoms with E-state index in [4.69, 9.17) is 10.5 Å². The quantitative estimate of drug-likeness (QED) is 0.718. The SMILES string of the molecule is N[C@H](COc1cnccc1/C=C/c1ccncc1)Cc1ccccc1. The normalized spacial score (nSPS) is 12.2. The van der Waals surface area contributed by atoms with Crippen LogP contribution in [-0.2, 0) is 6.42 Å². The second-order valence-electron chi connectivity index (χ2n) is 5.79. The molecule has 126 valence electrons. The molecule has 4 nitrogen and oxygen atoms in total. The van der Waals surface area contributed by atoms with Crippen LogP contribution in [0.25, 0.3) is 12.2 Å². The molecule has 0 aliphatic rings. The van der Waals surface area contributed by atoms with Gasteiger partial charge in [0, 0.05) is 30.2 Å². The van der Waals surface area contributed by atoms with Crippen molar-refractivity contribution in [3.8, 4) is 5.75 Å². The molecule has 0 aliphatic heterocycles. The minimum Gasteiger partial charge on any atom is -0.490 e. The summed E-state index contributed by atoms with van der Waals surface area (Å²) in [6.07, 6.45) is 11.8. The van der Waals surface area contributed by atoms with E-state index in [-0.39, 0.29) is 6.04 Å². The van der Waals surface area contributed by atoms with Gasteiger partial charge in [-0.25, -0.2) is 0 Å². The molecule has 0 bridgehead atoms. The van der Waals surface area contributed by atoms with Crippen molar-refractivity contribution >= 4 is 12.2 Å². The Morgan fingerprint density at radius 1 is 0.920 bits per heavy atom. The zero-order valence-electron chi connectivity index (χ0n) is 14.0. The first-order valence-electron chi connectivity index (χ1n) is 8.26. The van der Waals surface area contributed by atoms with Gasteiger partial charge in [-0.2, -0.15) is 0 Å². The van der Waals surface area contributed by atoms with Crippen molar-refractivity contribution < 1.29 is 4.74 Å². The lowest BCUT2D eigenvalue weighted by atomic mass is 10.1. The fourth-order valence-electron chi connectivity index (χ4n) is 2.48. The topological polar surface area (TPSA) is 61.0 Å². The van der Waals surface area contributed by atoms with Crippen LogP contribution < -0.4 is 10.5 Å². The molecule has 0 spiro atoms. The third-order valence-electron chi connectivity index (χ3n) is 3.77. The average molecular weight is 331 g/mol. The zero-order chi connectivity index (χ0) is 17.3. The lowest BCUT2D eigenvalue weighted by molar-refractivity contribution is 0.286. The Balaban J connectivity index is 1.62. The molecule has 4 heteroatoms. The van der Waals surface area contributed by atoms with Gasteiger partial charge in [-0.3, -0.25) is 9.97 Å². The van der Waals surface area contributed by atoms with E-state index < -0.39 is 0 Å². The Morgan fingerprint density at radius 2 is 1.68 bits per heavy atom. The number of aromatic nitrogens is 2. The van der Waals surface area contributed by atoms with E-state index in [2.05, 4.69) is 22.1 Å². The van der Waals surface area contributed by atoms with Gasteiger partial charge in [-0.1, -0.05) is 42.5 Å². The number of nitrogens with zero attached hydrogens (tertiary/aromatic N) is 2. The Bertz CT molecular complexity index is 804. The van der Waals surface area contributed by atoms with Gasteiger partial charge in [-0.15, -0.1) is 0 Å². The first kappa shape index (κ1) is 16.9. The monoisotopic (exact) mass is 331 g/mol. The number of ether oxygens (including phenoxy) is 1. The molecule has 2 heterocycles. The van der Waals surface area contributed by atoms with E-state index >= 15 is 0 Å². The highest BCUT2D eigenvalue weighted by atomic mass is 16.5. The fourth-order valence-corrected chi connectivity index (χ4v) is 2.48. The van der Waals surface area contributed by atoms with E-state index in [0.29, 0.717) is 6.61 Å². The van der Waals surface area contributed by atoms with Gasteiger partial charge in [0.2, 0.25) is 0 Å². The van der Waals surface area contributed by atoms with Crippen LogP contribution in [0.3, 0.4) is 0 Å². The smallest absolute Gasteiger partial charge is 0.144 e. The summed E-state index contributed by atoms with van der Waals surface area (Å²) in [5.41, 5.74) is 9.46. The molecule has 3 rings (SSSR count). The molecule has 3 aromatic rings. The molecule has 0 unspecified atom stereocenters. The van der Waals surface area contributed by atoms with Gasteiger partial charge >= 0.3 is 0 Å². The van der Waals surface area contributed by atoms with Crippen molar-refractivity contribution in [3.63, 3.8) is 0 Å². The largest absolute Gasteiger partial charge is 0.490 e. The molecular weight excluding hydrogens is 310 g/mol. The second-order valence-corrected chi connectivity index (χ2v) is 5.79. The highest BCUT2D eigenvalue weighted by Gasteiger charge is 2.07. The lowest BCUT2D eigenvalue weighted by Crippen LogP contribution is -2.30. The Labute approximate surface area is 148 Å². The maximum Gasteiger partial charge on any atom is 0.144 e. The molecule has 1 aromatic carbocycles. The number of nitrogens with two attached hydrogens (primary N) is 1. The number of hydrogen-bond donors (Lipinski definition) is 1. The summed E-state index contributed by atoms with van der Waals surface area (Å²) in [5.74, 6) is 0.733. The molecule has 0 fully saturated rings. The Hall–Kier alpha value is -2.98. The fraction of sp³-hybridized carbons (Fsp3) is 0.143. The highest BCUT2D eigenvalue weighted by Crippen LogP contribution is 2.19. The number of pyridine rings is 2. The second kappa shape index (κ2) is 8.76. The van der Waals surface area contributed by atoms with Crippen LogP contribution in [-0.4, -0.2) is 22.6 Å². The van der Waals surface area contributed by atoms with E-state index in [0.717, 1.165) is 23.3 Å². The van der Waals surface area contributed by atoms with E-state index in [1.165, 1.54) is 5.56 Å². The van der Waals surface area contributed by atoms with Crippen molar-refractivity contribution in [3.05, 3.63) is 90.0 Å². The number of hydrogen-bond acceptors (Lipinski definition) is 4. The van der Waals surface area contributed by atoms with Crippen molar-refractivity contribution in [2.75, 3.05) is 6.61 Å². The van der Waals surface area contributed by atoms with Crippen molar-refractivity contribution in [2.45, 2.75) is 12.5 Å². The lowest BCUT2D eigenvalue weighted by Gasteiger charge is -2.14. The maximum absolute atomic E-state index is 6.20. The minimum atomic E-state index is -0.0698. The van der Waals surface area contributed by atoms with Crippen LogP contribution in [0.2, 0.25) is 0 Å². The molecule has 2 N–H and O–H groups in total. The van der Waals surface area contributed by atoms with Crippen molar-refractivity contribution in [1.82, 2.24) is 9.97 Å². The predicted octanol–water partition coefficient (Wildman–Crippen LogP) is 3.60. The van der Waals surface area contributed by atoms with E-state index in [9.17, 15) is 0 Å². The molecule has 0 amide bonds. The van der Waals surface area contributed by atoms with Crippen LogP contribution in [0.5, 0.6) is 5.75 Å². The van der Waals surface area contributed by atoms with Gasteiger partial charge in [0.25, 0.3) is 0 Å². The van der Waals surface area contributed by atoms with Gasteiger partial charge in [-0.05, 0) is 35.7 Å². The van der Waals surface area contributed by atoms with Gasteiger partial charge < -0.3 is 10.5 Å². The molecule has 0 aliphatic carbocycles. The summed E-state index contributed by atoms with van der Waals surface area (Å²) in [5, 5.41) is 0. The highest BCUT2D eigenvalue weighted by molar-refractivity contribution is 5.71. The third kappa shape index (κ3) is 5.26. The third-order valence-corrected chi connectivity index (χ3v) is 3.77. The van der Waals surface area contributed by atoms with Gasteiger partial charge in [0.1, 0.15) is 12.4 Å². The molecule has 0 saturated carbocycles. The van der Waals surface area contributed by atoms with Crippen molar-refractivity contribution in [1.29, 1.82) is 0 Å². The zero-order valence-corrected chi connectivity index (χ0v) is 14.0. The summed E-state index contributed by atoms with van der Waals surface area (Å²) in [7, 11) is 0. The summed E-state index contributed by atoms with van der Waals surface area (Å²) < 4.78 is 5.91. The van der Waals surface area contributed by atoms with Gasteiger partial charge in [0.05, 0.1) is 6.20 Å². The Morgan fingerprint density at radius 3 is 2.48 bits per heavy atom. The first-order valence-corrected chi connectivity index (χ1v) is 8.26. The molecule has 0 radical (unpaired) electrons. The maximum atomic E-state index is 6.20. The van der Waals surface area contributed by atoms with Crippen LogP contribution in [0, 0.1) is 0 Å². The van der Waals surface area contributed by atoms with Crippen LogP contribution in [0.15, 0.2) is 73.3 Å². The predicted molar refractivity (Wildman–Crippen MR) is 101 cm³/mol. The van der Waals surface area contributed by atoms with Crippen molar-refractivity contribution in [2.24, 2.45) is 5.73 Å². The summed E-state index contributed by atoms with van der Waals surface area (Å²) >= 11 is 0. The minimum absolute atomic E-state index is 0.0698. The average Bonchev–Trinajstić information content (AvgIpc) is 2.67. The molecule has 2 aromatic heterocycles. The van der Waals surface area contributed by atoms with E-state index in [1.54, 1.807) is 24.8 Å². The van der Waals surface area contributed by atoms with E-state index in [1.807, 2.05) is 48.6 Å². The van der Waals surface area contributed by atoms with Crippen LogP contribution in [0.1, 0.15) is 16.7 Å². The number of rotatable bonds is 7. The van der Waals surface area contributed by atoms with Gasteiger partial charge in [0.15, 0.2) is 0 Å². The standard InChI is InChI=1S/C21H21N3O/c22-20(14-18-4-2-1-3-5-18)16-25-21-15-24-13-10-19(21)7-6-17-8-11-23-12-9-17/h1-13,15,20H,14,16,22H2/b7-6+/t20-/m0/s1. The molecule has 0 saturated heterocycles. The van der Waals surface area contributed by atoms with Crippen LogP contribution >= 0.6 is 0 Å². The number of benzene rings is 1.